The summed E-state index contributed by atoms with van der Waals surface area (Å²) >= 11 is 6.05. The van der Waals surface area contributed by atoms with Crippen LogP contribution in [0.25, 0.3) is 16.6 Å². The van der Waals surface area contributed by atoms with Crippen molar-refractivity contribution in [3.63, 3.8) is 0 Å². The highest BCUT2D eigenvalue weighted by Crippen LogP contribution is 2.32. The van der Waals surface area contributed by atoms with Crippen LogP contribution < -0.4 is 4.90 Å². The zero-order valence-corrected chi connectivity index (χ0v) is 13.7. The monoisotopic (exact) mass is 338 g/mol. The molecule has 0 radical (unpaired) electrons. The summed E-state index contributed by atoms with van der Waals surface area (Å²) in [6.07, 6.45) is 0. The molecule has 6 heteroatoms. The zero-order chi connectivity index (χ0) is 16.8. The molecule has 2 N–H and O–H groups in total. The molecule has 4 rings (SSSR count). The van der Waals surface area contributed by atoms with Gasteiger partial charge >= 0.3 is 0 Å². The molecule has 0 atom stereocenters. The first-order valence-electron chi connectivity index (χ1n) is 7.52. The van der Waals surface area contributed by atoms with Gasteiger partial charge in [-0.2, -0.15) is 0 Å². The standard InChI is InChI=1S/C18H15ClN4O/c1-22-14-8-3-2-7-13(14)21-18(22)16-15(24)10-23(17(16)20)12-6-4-5-11(19)9-12/h2-9,20,24H,10H2,1H3. The van der Waals surface area contributed by atoms with Gasteiger partial charge in [0.15, 0.2) is 0 Å². The van der Waals surface area contributed by atoms with Crippen LogP contribution in [-0.4, -0.2) is 27.0 Å². The maximum Gasteiger partial charge on any atom is 0.148 e. The third-order valence-electron chi connectivity index (χ3n) is 4.23. The molecular formula is C18H15ClN4O. The summed E-state index contributed by atoms with van der Waals surface area (Å²) in [4.78, 5) is 6.31. The maximum absolute atomic E-state index is 10.5. The van der Waals surface area contributed by atoms with Crippen molar-refractivity contribution in [2.75, 3.05) is 11.4 Å². The number of halogens is 1. The van der Waals surface area contributed by atoms with Crippen molar-refractivity contribution in [2.24, 2.45) is 7.05 Å². The van der Waals surface area contributed by atoms with E-state index in [2.05, 4.69) is 4.98 Å². The molecule has 1 aliphatic rings. The van der Waals surface area contributed by atoms with Crippen molar-refractivity contribution < 1.29 is 5.11 Å². The average Bonchev–Trinajstić information content (AvgIpc) is 3.05. The predicted octanol–water partition coefficient (Wildman–Crippen LogP) is 3.99. The fourth-order valence-electron chi connectivity index (χ4n) is 3.05. The molecule has 0 bridgehead atoms. The minimum Gasteiger partial charge on any atom is -0.509 e. The van der Waals surface area contributed by atoms with Gasteiger partial charge in [-0.05, 0) is 30.3 Å². The van der Waals surface area contributed by atoms with E-state index in [1.54, 1.807) is 17.0 Å². The van der Waals surface area contributed by atoms with E-state index >= 15 is 0 Å². The van der Waals surface area contributed by atoms with Crippen molar-refractivity contribution in [3.8, 4) is 0 Å². The molecule has 5 nitrogen and oxygen atoms in total. The lowest BCUT2D eigenvalue weighted by Gasteiger charge is -2.19. The molecule has 0 unspecified atom stereocenters. The lowest BCUT2D eigenvalue weighted by atomic mass is 10.2. The highest BCUT2D eigenvalue weighted by Gasteiger charge is 2.32. The number of benzene rings is 2. The fraction of sp³-hybridized carbons (Fsp3) is 0.111. The van der Waals surface area contributed by atoms with Gasteiger partial charge in [0.25, 0.3) is 0 Å². The summed E-state index contributed by atoms with van der Waals surface area (Å²) < 4.78 is 1.90. The summed E-state index contributed by atoms with van der Waals surface area (Å²) in [5.41, 5.74) is 3.02. The van der Waals surface area contributed by atoms with Gasteiger partial charge in [0.2, 0.25) is 0 Å². The number of aliphatic hydroxyl groups is 1. The van der Waals surface area contributed by atoms with Crippen LogP contribution in [0.3, 0.4) is 0 Å². The number of nitrogens with zero attached hydrogens (tertiary/aromatic N) is 3. The van der Waals surface area contributed by atoms with E-state index in [-0.39, 0.29) is 18.1 Å². The molecule has 0 saturated heterocycles. The summed E-state index contributed by atoms with van der Waals surface area (Å²) in [5, 5.41) is 19.6. The topological polar surface area (TPSA) is 65.1 Å². The van der Waals surface area contributed by atoms with E-state index in [0.717, 1.165) is 16.7 Å². The average molecular weight is 339 g/mol. The number of imidazole rings is 1. The molecule has 1 aliphatic heterocycles. The second-order valence-corrected chi connectivity index (χ2v) is 6.16. The van der Waals surface area contributed by atoms with Crippen LogP contribution >= 0.6 is 11.6 Å². The van der Waals surface area contributed by atoms with Crippen molar-refractivity contribution in [1.29, 1.82) is 5.41 Å². The van der Waals surface area contributed by atoms with E-state index in [1.165, 1.54) is 0 Å². The van der Waals surface area contributed by atoms with Gasteiger partial charge < -0.3 is 14.6 Å². The van der Waals surface area contributed by atoms with Crippen LogP contribution in [0.2, 0.25) is 5.02 Å². The van der Waals surface area contributed by atoms with Crippen molar-refractivity contribution in [3.05, 3.63) is 65.1 Å². The first-order valence-corrected chi connectivity index (χ1v) is 7.90. The van der Waals surface area contributed by atoms with Crippen molar-refractivity contribution in [2.45, 2.75) is 0 Å². The van der Waals surface area contributed by atoms with Gasteiger partial charge in [-0.25, -0.2) is 4.98 Å². The zero-order valence-electron chi connectivity index (χ0n) is 13.0. The van der Waals surface area contributed by atoms with E-state index in [1.807, 2.05) is 48.0 Å². The smallest absolute Gasteiger partial charge is 0.148 e. The van der Waals surface area contributed by atoms with Gasteiger partial charge in [0.1, 0.15) is 17.4 Å². The quantitative estimate of drug-likeness (QED) is 0.742. The highest BCUT2D eigenvalue weighted by atomic mass is 35.5. The van der Waals surface area contributed by atoms with Crippen LogP contribution in [-0.2, 0) is 7.05 Å². The number of aromatic nitrogens is 2. The molecule has 24 heavy (non-hydrogen) atoms. The van der Waals surface area contributed by atoms with Crippen LogP contribution in [0.15, 0.2) is 54.3 Å². The number of nitrogens with one attached hydrogen (secondary N) is 1. The molecule has 3 aromatic rings. The maximum atomic E-state index is 10.5. The number of hydrogen-bond acceptors (Lipinski definition) is 3. The molecular weight excluding hydrogens is 324 g/mol. The predicted molar refractivity (Wildman–Crippen MR) is 96.8 cm³/mol. The summed E-state index contributed by atoms with van der Waals surface area (Å²) in [7, 11) is 1.89. The Bertz CT molecular complexity index is 1010. The van der Waals surface area contributed by atoms with E-state index in [4.69, 9.17) is 17.0 Å². The number of para-hydroxylation sites is 2. The summed E-state index contributed by atoms with van der Waals surface area (Å²) in [5.74, 6) is 0.940. The molecule has 2 heterocycles. The molecule has 1 aromatic heterocycles. The Morgan fingerprint density at radius 3 is 2.71 bits per heavy atom. The second-order valence-electron chi connectivity index (χ2n) is 5.72. The molecule has 0 fully saturated rings. The largest absolute Gasteiger partial charge is 0.509 e. The summed E-state index contributed by atoms with van der Waals surface area (Å²) in [6.45, 7) is 0.234. The molecule has 2 aromatic carbocycles. The Kier molecular flexibility index (Phi) is 3.32. The third-order valence-corrected chi connectivity index (χ3v) is 4.47. The minimum atomic E-state index is 0.137. The molecule has 0 aliphatic carbocycles. The number of rotatable bonds is 2. The molecule has 0 saturated carbocycles. The van der Waals surface area contributed by atoms with Crippen molar-refractivity contribution >= 4 is 39.7 Å². The number of aliphatic hydroxyl groups excluding tert-OH is 1. The SMILES string of the molecule is Cn1c(C2=C(O)CN(c3cccc(Cl)c3)C2=N)nc2ccccc21. The fourth-order valence-corrected chi connectivity index (χ4v) is 3.23. The number of anilines is 1. The first-order chi connectivity index (χ1) is 11.6. The molecule has 0 spiro atoms. The Morgan fingerprint density at radius 1 is 1.17 bits per heavy atom. The lowest BCUT2D eigenvalue weighted by molar-refractivity contribution is 0.411. The number of fused-ring (bicyclic) bond motifs is 1. The minimum absolute atomic E-state index is 0.137. The highest BCUT2D eigenvalue weighted by molar-refractivity contribution is 6.32. The van der Waals surface area contributed by atoms with Crippen molar-refractivity contribution in [1.82, 2.24) is 9.55 Å². The number of aryl methyl sites for hydroxylation is 1. The van der Waals surface area contributed by atoms with E-state index < -0.39 is 0 Å². The third kappa shape index (κ3) is 2.17. The van der Waals surface area contributed by atoms with E-state index in [0.29, 0.717) is 16.4 Å². The van der Waals surface area contributed by atoms with Gasteiger partial charge in [-0.15, -0.1) is 0 Å². The Hall–Kier alpha value is -2.79. The molecule has 120 valence electrons. The van der Waals surface area contributed by atoms with Gasteiger partial charge in [0.05, 0.1) is 23.2 Å². The second kappa shape index (κ2) is 5.39. The molecule has 0 amide bonds. The van der Waals surface area contributed by atoms with Gasteiger partial charge in [-0.1, -0.05) is 29.8 Å². The van der Waals surface area contributed by atoms with E-state index in [9.17, 15) is 5.11 Å². The van der Waals surface area contributed by atoms with Crippen LogP contribution in [0.5, 0.6) is 0 Å². The van der Waals surface area contributed by atoms with Crippen LogP contribution in [0.4, 0.5) is 5.69 Å². The Balaban J connectivity index is 1.79. The lowest BCUT2D eigenvalue weighted by Crippen LogP contribution is -2.26. The Morgan fingerprint density at radius 2 is 1.96 bits per heavy atom. The normalized spacial score (nSPS) is 14.9. The summed E-state index contributed by atoms with van der Waals surface area (Å²) in [6, 6.07) is 15.0. The number of hydrogen-bond donors (Lipinski definition) is 2. The van der Waals surface area contributed by atoms with Gasteiger partial charge in [0, 0.05) is 17.8 Å². The van der Waals surface area contributed by atoms with Gasteiger partial charge in [-0.3, -0.25) is 5.41 Å². The first kappa shape index (κ1) is 14.8. The Labute approximate surface area is 143 Å². The van der Waals surface area contributed by atoms with Crippen LogP contribution in [0.1, 0.15) is 5.82 Å². The van der Waals surface area contributed by atoms with Crippen LogP contribution in [0, 0.1) is 5.41 Å². The number of amidine groups is 1.